The van der Waals surface area contributed by atoms with Gasteiger partial charge in [0, 0.05) is 41.0 Å². The fourth-order valence-electron chi connectivity index (χ4n) is 3.08. The van der Waals surface area contributed by atoms with Crippen molar-refractivity contribution in [3.63, 3.8) is 0 Å². The summed E-state index contributed by atoms with van der Waals surface area (Å²) in [6.45, 7) is 13.9. The molecule has 1 saturated heterocycles. The third-order valence-corrected chi connectivity index (χ3v) is 5.24. The van der Waals surface area contributed by atoms with Crippen molar-refractivity contribution in [2.75, 3.05) is 13.1 Å². The minimum Gasteiger partial charge on any atom is -0.311 e. The van der Waals surface area contributed by atoms with Crippen molar-refractivity contribution in [3.05, 3.63) is 21.9 Å². The fourth-order valence-corrected chi connectivity index (χ4v) is 4.09. The number of nitrogens with one attached hydrogen (secondary N) is 1. The zero-order valence-corrected chi connectivity index (χ0v) is 13.8. The first-order valence-corrected chi connectivity index (χ1v) is 8.33. The standard InChI is InChI=1S/C16H28N2S/c1-11(2)16-9-17-12(3)10-18(16)13(4)8-15-7-6-14(5)19-15/h6-7,11-13,16-17H,8-10H2,1-5H3. The van der Waals surface area contributed by atoms with Crippen LogP contribution in [0.1, 0.15) is 37.4 Å². The fraction of sp³-hybridized carbons (Fsp3) is 0.750. The number of hydrogen-bond acceptors (Lipinski definition) is 3. The summed E-state index contributed by atoms with van der Waals surface area (Å²) >= 11 is 1.95. The lowest BCUT2D eigenvalue weighted by Crippen LogP contribution is -2.60. The predicted octanol–water partition coefficient (Wildman–Crippen LogP) is 3.31. The molecule has 19 heavy (non-hydrogen) atoms. The Labute approximate surface area is 122 Å². The lowest BCUT2D eigenvalue weighted by molar-refractivity contribution is 0.0664. The molecule has 1 aromatic heterocycles. The molecule has 0 aliphatic carbocycles. The van der Waals surface area contributed by atoms with Gasteiger partial charge in [0.05, 0.1) is 0 Å². The summed E-state index contributed by atoms with van der Waals surface area (Å²) in [5.41, 5.74) is 0. The molecule has 3 heteroatoms. The molecule has 0 saturated carbocycles. The van der Waals surface area contributed by atoms with E-state index in [9.17, 15) is 0 Å². The molecule has 0 amide bonds. The molecular weight excluding hydrogens is 252 g/mol. The second-order valence-corrected chi connectivity index (χ2v) is 7.76. The van der Waals surface area contributed by atoms with Crippen LogP contribution in [-0.2, 0) is 6.42 Å². The van der Waals surface area contributed by atoms with Crippen molar-refractivity contribution in [2.24, 2.45) is 5.92 Å². The summed E-state index contributed by atoms with van der Waals surface area (Å²) in [5.74, 6) is 0.715. The number of aryl methyl sites for hydroxylation is 1. The van der Waals surface area contributed by atoms with E-state index >= 15 is 0 Å². The SMILES string of the molecule is Cc1ccc(CC(C)N2CC(C)NCC2C(C)C)s1. The van der Waals surface area contributed by atoms with Gasteiger partial charge in [-0.1, -0.05) is 13.8 Å². The molecular formula is C16H28N2S. The van der Waals surface area contributed by atoms with E-state index in [1.165, 1.54) is 22.7 Å². The van der Waals surface area contributed by atoms with E-state index in [4.69, 9.17) is 0 Å². The van der Waals surface area contributed by atoms with Crippen molar-refractivity contribution in [1.29, 1.82) is 0 Å². The smallest absolute Gasteiger partial charge is 0.0247 e. The van der Waals surface area contributed by atoms with E-state index in [0.717, 1.165) is 6.54 Å². The van der Waals surface area contributed by atoms with Gasteiger partial charge >= 0.3 is 0 Å². The molecule has 2 heterocycles. The first-order valence-electron chi connectivity index (χ1n) is 7.51. The Bertz CT molecular complexity index is 399. The Morgan fingerprint density at radius 3 is 2.68 bits per heavy atom. The van der Waals surface area contributed by atoms with Crippen LogP contribution in [0.4, 0.5) is 0 Å². The van der Waals surface area contributed by atoms with Crippen LogP contribution in [-0.4, -0.2) is 36.1 Å². The van der Waals surface area contributed by atoms with Gasteiger partial charge in [0.15, 0.2) is 0 Å². The van der Waals surface area contributed by atoms with Gasteiger partial charge in [0.25, 0.3) is 0 Å². The molecule has 1 aliphatic heterocycles. The van der Waals surface area contributed by atoms with Gasteiger partial charge in [-0.3, -0.25) is 4.90 Å². The summed E-state index contributed by atoms with van der Waals surface area (Å²) in [6.07, 6.45) is 1.19. The van der Waals surface area contributed by atoms with Gasteiger partial charge in [0.1, 0.15) is 0 Å². The van der Waals surface area contributed by atoms with Crippen LogP contribution >= 0.6 is 11.3 Å². The largest absolute Gasteiger partial charge is 0.311 e. The number of nitrogens with zero attached hydrogens (tertiary/aromatic N) is 1. The second kappa shape index (κ2) is 6.38. The third kappa shape index (κ3) is 3.80. The molecule has 2 nitrogen and oxygen atoms in total. The Morgan fingerprint density at radius 1 is 1.37 bits per heavy atom. The Hall–Kier alpha value is -0.380. The molecule has 0 aromatic carbocycles. The van der Waals surface area contributed by atoms with Crippen molar-refractivity contribution >= 4 is 11.3 Å². The van der Waals surface area contributed by atoms with Gasteiger partial charge in [-0.05, 0) is 45.2 Å². The van der Waals surface area contributed by atoms with Crippen molar-refractivity contribution in [3.8, 4) is 0 Å². The maximum Gasteiger partial charge on any atom is 0.0247 e. The normalized spacial score (nSPS) is 26.8. The minimum atomic E-state index is 0.613. The third-order valence-electron chi connectivity index (χ3n) is 4.21. The second-order valence-electron chi connectivity index (χ2n) is 6.38. The predicted molar refractivity (Wildman–Crippen MR) is 85.0 cm³/mol. The lowest BCUT2D eigenvalue weighted by Gasteiger charge is -2.44. The molecule has 1 N–H and O–H groups in total. The van der Waals surface area contributed by atoms with Crippen LogP contribution in [0.5, 0.6) is 0 Å². The number of thiophene rings is 1. The van der Waals surface area contributed by atoms with E-state index in [1.54, 1.807) is 0 Å². The van der Waals surface area contributed by atoms with E-state index in [2.05, 4.69) is 57.0 Å². The molecule has 2 rings (SSSR count). The van der Waals surface area contributed by atoms with Crippen LogP contribution in [0.15, 0.2) is 12.1 Å². The number of piperazine rings is 1. The summed E-state index contributed by atoms with van der Waals surface area (Å²) in [7, 11) is 0. The van der Waals surface area contributed by atoms with Crippen LogP contribution < -0.4 is 5.32 Å². The van der Waals surface area contributed by atoms with Crippen molar-refractivity contribution in [2.45, 2.75) is 59.2 Å². The Balaban J connectivity index is 2.03. The Morgan fingerprint density at radius 2 is 2.11 bits per heavy atom. The minimum absolute atomic E-state index is 0.613. The van der Waals surface area contributed by atoms with Gasteiger partial charge in [-0.2, -0.15) is 0 Å². The van der Waals surface area contributed by atoms with Crippen LogP contribution in [0.2, 0.25) is 0 Å². The molecule has 1 aliphatic rings. The van der Waals surface area contributed by atoms with Gasteiger partial charge in [0.2, 0.25) is 0 Å². The van der Waals surface area contributed by atoms with E-state index in [-0.39, 0.29) is 0 Å². The van der Waals surface area contributed by atoms with Gasteiger partial charge in [-0.25, -0.2) is 0 Å². The van der Waals surface area contributed by atoms with Crippen molar-refractivity contribution in [1.82, 2.24) is 10.2 Å². The van der Waals surface area contributed by atoms with Crippen LogP contribution in [0.3, 0.4) is 0 Å². The highest BCUT2D eigenvalue weighted by Crippen LogP contribution is 2.23. The molecule has 0 spiro atoms. The van der Waals surface area contributed by atoms with Crippen LogP contribution in [0, 0.1) is 12.8 Å². The zero-order valence-electron chi connectivity index (χ0n) is 12.9. The quantitative estimate of drug-likeness (QED) is 0.910. The van der Waals surface area contributed by atoms with E-state index in [1.807, 2.05) is 11.3 Å². The average Bonchev–Trinajstić information content (AvgIpc) is 2.74. The van der Waals surface area contributed by atoms with Gasteiger partial charge in [-0.15, -0.1) is 11.3 Å². The number of rotatable bonds is 4. The van der Waals surface area contributed by atoms with Crippen LogP contribution in [0.25, 0.3) is 0 Å². The first-order chi connectivity index (χ1) is 8.97. The monoisotopic (exact) mass is 280 g/mol. The molecule has 108 valence electrons. The molecule has 1 aromatic rings. The summed E-state index contributed by atoms with van der Waals surface area (Å²) in [6, 6.07) is 6.46. The summed E-state index contributed by atoms with van der Waals surface area (Å²) in [4.78, 5) is 5.68. The number of hydrogen-bond donors (Lipinski definition) is 1. The maximum atomic E-state index is 3.63. The van der Waals surface area contributed by atoms with Crippen molar-refractivity contribution < 1.29 is 0 Å². The highest BCUT2D eigenvalue weighted by Gasteiger charge is 2.31. The average molecular weight is 280 g/mol. The molecule has 3 atom stereocenters. The highest BCUT2D eigenvalue weighted by molar-refractivity contribution is 7.11. The molecule has 0 bridgehead atoms. The molecule has 1 fully saturated rings. The molecule has 3 unspecified atom stereocenters. The summed E-state index contributed by atoms with van der Waals surface area (Å²) in [5, 5.41) is 3.63. The van der Waals surface area contributed by atoms with E-state index < -0.39 is 0 Å². The maximum absolute atomic E-state index is 3.63. The first kappa shape index (κ1) is 15.0. The highest BCUT2D eigenvalue weighted by atomic mass is 32.1. The Kier molecular flexibility index (Phi) is 5.04. The van der Waals surface area contributed by atoms with Gasteiger partial charge < -0.3 is 5.32 Å². The zero-order chi connectivity index (χ0) is 14.0. The lowest BCUT2D eigenvalue weighted by atomic mass is 9.96. The summed E-state index contributed by atoms with van der Waals surface area (Å²) < 4.78 is 0. The van der Waals surface area contributed by atoms with E-state index in [0.29, 0.717) is 24.0 Å². The molecule has 0 radical (unpaired) electrons. The topological polar surface area (TPSA) is 15.3 Å².